The molecule has 1 aliphatic heterocycles. The monoisotopic (exact) mass is 293 g/mol. The predicted molar refractivity (Wildman–Crippen MR) is 88.1 cm³/mol. The smallest absolute Gasteiger partial charge is 0.150 e. The molecular formula is C18H15NOS. The number of hydrogen-bond donors (Lipinski definition) is 0. The maximum Gasteiger partial charge on any atom is 0.150 e. The number of fused-ring (bicyclic) bond motifs is 1. The van der Waals surface area contributed by atoms with Crippen molar-refractivity contribution in [1.82, 2.24) is 0 Å². The summed E-state index contributed by atoms with van der Waals surface area (Å²) < 4.78 is 0. The van der Waals surface area contributed by atoms with E-state index in [1.807, 2.05) is 23.9 Å². The van der Waals surface area contributed by atoms with Crippen LogP contribution < -0.4 is 4.90 Å². The highest BCUT2D eigenvalue weighted by atomic mass is 32.2. The van der Waals surface area contributed by atoms with Crippen LogP contribution in [-0.2, 0) is 0 Å². The van der Waals surface area contributed by atoms with Crippen molar-refractivity contribution in [3.63, 3.8) is 0 Å². The first-order chi connectivity index (χ1) is 10.4. The summed E-state index contributed by atoms with van der Waals surface area (Å²) in [7, 11) is 0. The minimum absolute atomic E-state index is 0.683. The Balaban J connectivity index is 1.71. The molecule has 0 amide bonds. The van der Waals surface area contributed by atoms with Crippen molar-refractivity contribution >= 4 is 23.7 Å². The molecular weight excluding hydrogens is 278 g/mol. The Hall–Kier alpha value is -2.18. The van der Waals surface area contributed by atoms with Gasteiger partial charge in [0.05, 0.1) is 12.2 Å². The van der Waals surface area contributed by atoms with E-state index in [4.69, 9.17) is 0 Å². The maximum atomic E-state index is 10.6. The van der Waals surface area contributed by atoms with E-state index in [1.165, 1.54) is 10.6 Å². The zero-order chi connectivity index (χ0) is 14.5. The lowest BCUT2D eigenvalue weighted by atomic mass is 10.1. The number of para-hydroxylation sites is 1. The Labute approximate surface area is 129 Å². The number of nitrogens with zero attached hydrogens (tertiary/aromatic N) is 1. The van der Waals surface area contributed by atoms with Crippen LogP contribution in [0.5, 0.6) is 0 Å². The minimum Gasteiger partial charge on any atom is -0.359 e. The SMILES string of the molecule is O=Cc1ccc(C#CCN2CCSc3ccccc32)cc1. The molecule has 2 nitrogen and oxygen atoms in total. The summed E-state index contributed by atoms with van der Waals surface area (Å²) in [5.74, 6) is 7.49. The number of hydrogen-bond acceptors (Lipinski definition) is 3. The molecule has 3 rings (SSSR count). The molecule has 0 unspecified atom stereocenters. The zero-order valence-corrected chi connectivity index (χ0v) is 12.4. The molecule has 0 radical (unpaired) electrons. The van der Waals surface area contributed by atoms with Crippen molar-refractivity contribution in [2.75, 3.05) is 23.7 Å². The lowest BCUT2D eigenvalue weighted by Gasteiger charge is -2.28. The second-order valence-corrected chi connectivity index (χ2v) is 5.92. The average molecular weight is 293 g/mol. The van der Waals surface area contributed by atoms with Crippen molar-refractivity contribution in [3.05, 3.63) is 59.7 Å². The third-order valence-corrected chi connectivity index (χ3v) is 4.42. The van der Waals surface area contributed by atoms with Crippen LogP contribution in [0.4, 0.5) is 5.69 Å². The van der Waals surface area contributed by atoms with E-state index in [2.05, 4.69) is 41.0 Å². The molecule has 2 aromatic rings. The third-order valence-electron chi connectivity index (χ3n) is 3.37. The highest BCUT2D eigenvalue weighted by molar-refractivity contribution is 7.99. The number of aldehydes is 1. The summed E-state index contributed by atoms with van der Waals surface area (Å²) in [6.45, 7) is 1.76. The molecule has 0 aliphatic carbocycles. The van der Waals surface area contributed by atoms with Crippen LogP contribution in [0.2, 0.25) is 0 Å². The second-order valence-electron chi connectivity index (χ2n) is 4.78. The summed E-state index contributed by atoms with van der Waals surface area (Å²) in [6, 6.07) is 15.8. The van der Waals surface area contributed by atoms with E-state index >= 15 is 0 Å². The lowest BCUT2D eigenvalue weighted by molar-refractivity contribution is 0.112. The summed E-state index contributed by atoms with van der Waals surface area (Å²) in [4.78, 5) is 14.3. The summed E-state index contributed by atoms with van der Waals surface area (Å²) in [6.07, 6.45) is 0.847. The molecule has 2 aromatic carbocycles. The van der Waals surface area contributed by atoms with Gasteiger partial charge in [0.1, 0.15) is 6.29 Å². The Morgan fingerprint density at radius 2 is 1.95 bits per heavy atom. The van der Waals surface area contributed by atoms with Gasteiger partial charge >= 0.3 is 0 Å². The molecule has 3 heteroatoms. The lowest BCUT2D eigenvalue weighted by Crippen LogP contribution is -2.29. The Morgan fingerprint density at radius 3 is 2.76 bits per heavy atom. The molecule has 21 heavy (non-hydrogen) atoms. The summed E-state index contributed by atoms with van der Waals surface area (Å²) >= 11 is 1.90. The average Bonchev–Trinajstić information content (AvgIpc) is 2.56. The Morgan fingerprint density at radius 1 is 1.14 bits per heavy atom. The highest BCUT2D eigenvalue weighted by Gasteiger charge is 2.15. The quantitative estimate of drug-likeness (QED) is 0.625. The third kappa shape index (κ3) is 3.29. The van der Waals surface area contributed by atoms with Crippen molar-refractivity contribution in [2.24, 2.45) is 0 Å². The number of thioether (sulfide) groups is 1. The predicted octanol–water partition coefficient (Wildman–Crippen LogP) is 3.46. The summed E-state index contributed by atoms with van der Waals surface area (Å²) in [5, 5.41) is 0. The highest BCUT2D eigenvalue weighted by Crippen LogP contribution is 2.33. The Bertz CT molecular complexity index is 697. The van der Waals surface area contributed by atoms with Gasteiger partial charge in [-0.15, -0.1) is 11.8 Å². The molecule has 104 valence electrons. The van der Waals surface area contributed by atoms with Crippen LogP contribution >= 0.6 is 11.8 Å². The largest absolute Gasteiger partial charge is 0.359 e. The van der Waals surface area contributed by atoms with Crippen LogP contribution in [0, 0.1) is 11.8 Å². The van der Waals surface area contributed by atoms with E-state index in [0.29, 0.717) is 5.56 Å². The normalized spacial score (nSPS) is 13.0. The van der Waals surface area contributed by atoms with Crippen LogP contribution in [0.25, 0.3) is 0 Å². The van der Waals surface area contributed by atoms with Crippen LogP contribution in [0.15, 0.2) is 53.4 Å². The van der Waals surface area contributed by atoms with Crippen LogP contribution in [0.3, 0.4) is 0 Å². The van der Waals surface area contributed by atoms with Gasteiger partial charge in [0, 0.05) is 28.3 Å². The molecule has 0 bridgehead atoms. The molecule has 0 N–H and O–H groups in total. The van der Waals surface area contributed by atoms with E-state index < -0.39 is 0 Å². The number of anilines is 1. The van der Waals surface area contributed by atoms with Gasteiger partial charge in [0.25, 0.3) is 0 Å². The van der Waals surface area contributed by atoms with E-state index in [9.17, 15) is 4.79 Å². The first-order valence-corrected chi connectivity index (χ1v) is 7.86. The molecule has 0 saturated heterocycles. The van der Waals surface area contributed by atoms with Gasteiger partial charge in [0.2, 0.25) is 0 Å². The van der Waals surface area contributed by atoms with Gasteiger partial charge in [-0.05, 0) is 24.3 Å². The first kappa shape index (κ1) is 13.8. The Kier molecular flexibility index (Phi) is 4.28. The van der Waals surface area contributed by atoms with Gasteiger partial charge in [-0.2, -0.15) is 0 Å². The maximum absolute atomic E-state index is 10.6. The van der Waals surface area contributed by atoms with Crippen LogP contribution in [0.1, 0.15) is 15.9 Å². The molecule has 0 aromatic heterocycles. The zero-order valence-electron chi connectivity index (χ0n) is 11.6. The molecule has 0 saturated carbocycles. The number of rotatable bonds is 2. The van der Waals surface area contributed by atoms with Crippen LogP contribution in [-0.4, -0.2) is 25.1 Å². The van der Waals surface area contributed by atoms with Gasteiger partial charge in [-0.25, -0.2) is 0 Å². The van der Waals surface area contributed by atoms with E-state index in [1.54, 1.807) is 12.1 Å². The van der Waals surface area contributed by atoms with Crippen molar-refractivity contribution in [1.29, 1.82) is 0 Å². The number of carbonyl (C=O) groups is 1. The minimum atomic E-state index is 0.683. The molecule has 1 aliphatic rings. The molecule has 0 atom stereocenters. The number of benzene rings is 2. The molecule has 1 heterocycles. The van der Waals surface area contributed by atoms with Gasteiger partial charge in [-0.3, -0.25) is 4.79 Å². The standard InChI is InChI=1S/C18H15NOS/c20-14-16-9-7-15(8-10-16)4-3-11-19-12-13-21-18-6-2-1-5-17(18)19/h1-2,5-10,14H,11-13H2. The topological polar surface area (TPSA) is 20.3 Å². The summed E-state index contributed by atoms with van der Waals surface area (Å²) in [5.41, 5.74) is 2.90. The van der Waals surface area contributed by atoms with Gasteiger partial charge in [-0.1, -0.05) is 36.1 Å². The van der Waals surface area contributed by atoms with Crippen molar-refractivity contribution in [2.45, 2.75) is 4.90 Å². The molecule has 0 fully saturated rings. The van der Waals surface area contributed by atoms with E-state index in [-0.39, 0.29) is 0 Å². The molecule has 0 spiro atoms. The van der Waals surface area contributed by atoms with E-state index in [0.717, 1.165) is 30.7 Å². The van der Waals surface area contributed by atoms with Gasteiger partial charge < -0.3 is 4.90 Å². The van der Waals surface area contributed by atoms with Crippen molar-refractivity contribution in [3.8, 4) is 11.8 Å². The second kappa shape index (κ2) is 6.51. The van der Waals surface area contributed by atoms with Crippen molar-refractivity contribution < 1.29 is 4.79 Å². The van der Waals surface area contributed by atoms with Gasteiger partial charge in [0.15, 0.2) is 0 Å². The fraction of sp³-hybridized carbons (Fsp3) is 0.167. The fourth-order valence-electron chi connectivity index (χ4n) is 2.27. The fourth-order valence-corrected chi connectivity index (χ4v) is 3.32. The number of carbonyl (C=O) groups excluding carboxylic acids is 1. The first-order valence-electron chi connectivity index (χ1n) is 6.88.